The Labute approximate surface area is 147 Å². The van der Waals surface area contributed by atoms with Crippen LogP contribution in [0.1, 0.15) is 13.3 Å². The van der Waals surface area contributed by atoms with E-state index in [9.17, 15) is 4.79 Å². The molecule has 0 radical (unpaired) electrons. The molecule has 0 aliphatic carbocycles. The molecule has 0 heterocycles. The third-order valence-corrected chi connectivity index (χ3v) is 3.73. The third-order valence-electron chi connectivity index (χ3n) is 2.80. The molecular formula is C18H31NO4Si. The Hall–Kier alpha value is -1.31. The zero-order chi connectivity index (χ0) is 18.3. The molecule has 1 amide bonds. The number of hydrogen-bond acceptors (Lipinski definition) is 4. The summed E-state index contributed by atoms with van der Waals surface area (Å²) >= 11 is 0. The summed E-state index contributed by atoms with van der Waals surface area (Å²) in [6.45, 7) is 11.9. The van der Waals surface area contributed by atoms with Crippen LogP contribution in [0.15, 0.2) is 0 Å². The van der Waals surface area contributed by atoms with Gasteiger partial charge >= 0.3 is 0 Å². The lowest BCUT2D eigenvalue weighted by Crippen LogP contribution is -2.32. The molecule has 24 heavy (non-hydrogen) atoms. The summed E-state index contributed by atoms with van der Waals surface area (Å²) in [5.41, 5.74) is 3.24. The van der Waals surface area contributed by atoms with Gasteiger partial charge in [0.1, 0.15) is 14.7 Å². The summed E-state index contributed by atoms with van der Waals surface area (Å²) in [5, 5.41) is 2.78. The van der Waals surface area contributed by atoms with Gasteiger partial charge in [-0.15, -0.1) is 17.9 Å². The number of carbonyl (C=O) groups is 1. The van der Waals surface area contributed by atoms with Crippen LogP contribution in [0.4, 0.5) is 0 Å². The second-order valence-electron chi connectivity index (χ2n) is 6.43. The summed E-state index contributed by atoms with van der Waals surface area (Å²) in [5.74, 6) is 5.32. The molecule has 1 atom stereocenters. The molecule has 0 rings (SSSR count). The highest BCUT2D eigenvalue weighted by molar-refractivity contribution is 6.83. The number of carbonyl (C=O) groups excluding carboxylic acids is 1. The van der Waals surface area contributed by atoms with Crippen LogP contribution in [0, 0.1) is 29.7 Å². The van der Waals surface area contributed by atoms with Crippen LogP contribution in [-0.2, 0) is 19.0 Å². The fraction of sp³-hybridized carbons (Fsp3) is 0.722. The molecule has 0 aliphatic heterocycles. The van der Waals surface area contributed by atoms with Crippen molar-refractivity contribution in [3.8, 4) is 23.8 Å². The summed E-state index contributed by atoms with van der Waals surface area (Å²) in [4.78, 5) is 11.6. The largest absolute Gasteiger partial charge is 0.377 e. The summed E-state index contributed by atoms with van der Waals surface area (Å²) in [7, 11) is -1.30. The number of hydrogen-bond donors (Lipinski definition) is 1. The van der Waals surface area contributed by atoms with Crippen molar-refractivity contribution >= 4 is 14.0 Å². The number of ether oxygens (including phenoxy) is 3. The number of amides is 1. The van der Waals surface area contributed by atoms with E-state index in [4.69, 9.17) is 20.6 Å². The van der Waals surface area contributed by atoms with E-state index in [1.807, 2.05) is 6.92 Å². The predicted octanol–water partition coefficient (Wildman–Crippen LogP) is 1.69. The summed E-state index contributed by atoms with van der Waals surface area (Å²) < 4.78 is 16.1. The van der Waals surface area contributed by atoms with E-state index in [2.05, 4.69) is 42.3 Å². The number of nitrogens with one attached hydrogen (secondary N) is 1. The second-order valence-corrected chi connectivity index (χ2v) is 11.2. The van der Waals surface area contributed by atoms with Gasteiger partial charge in [-0.2, -0.15) is 0 Å². The molecule has 1 N–H and O–H groups in total. The van der Waals surface area contributed by atoms with Crippen molar-refractivity contribution in [2.45, 2.75) is 33.0 Å². The van der Waals surface area contributed by atoms with Gasteiger partial charge in [0.15, 0.2) is 0 Å². The first-order valence-electron chi connectivity index (χ1n) is 8.31. The average molecular weight is 354 g/mol. The molecule has 0 spiro atoms. The zero-order valence-corrected chi connectivity index (χ0v) is 16.4. The lowest BCUT2D eigenvalue weighted by Gasteiger charge is -2.10. The molecule has 0 saturated heterocycles. The van der Waals surface area contributed by atoms with E-state index in [0.29, 0.717) is 52.6 Å². The molecule has 136 valence electrons. The standard InChI is InChI=1S/C18H31NO4Si/c1-6-8-17(2)18(20)19-9-11-22-13-15-23-14-12-21-10-7-16-24(3,4)5/h1,17H,8-15H2,2-5H3,(H,19,20). The maximum atomic E-state index is 11.6. The van der Waals surface area contributed by atoms with Crippen LogP contribution in [0.5, 0.6) is 0 Å². The van der Waals surface area contributed by atoms with Crippen molar-refractivity contribution < 1.29 is 19.0 Å². The van der Waals surface area contributed by atoms with Gasteiger partial charge in [0.05, 0.1) is 33.0 Å². The van der Waals surface area contributed by atoms with Crippen molar-refractivity contribution in [2.75, 3.05) is 46.2 Å². The Kier molecular flexibility index (Phi) is 13.3. The Bertz CT molecular complexity index is 443. The third kappa shape index (κ3) is 15.6. The highest BCUT2D eigenvalue weighted by atomic mass is 28.3. The van der Waals surface area contributed by atoms with E-state index in [1.165, 1.54) is 0 Å². The normalized spacial score (nSPS) is 12.0. The smallest absolute Gasteiger partial charge is 0.223 e. The first-order chi connectivity index (χ1) is 11.4. The van der Waals surface area contributed by atoms with Crippen LogP contribution < -0.4 is 5.32 Å². The quantitative estimate of drug-likeness (QED) is 0.330. The molecule has 5 nitrogen and oxygen atoms in total. The van der Waals surface area contributed by atoms with Gasteiger partial charge in [-0.25, -0.2) is 0 Å². The molecule has 6 heteroatoms. The lowest BCUT2D eigenvalue weighted by atomic mass is 10.1. The molecular weight excluding hydrogens is 322 g/mol. The zero-order valence-electron chi connectivity index (χ0n) is 15.4. The van der Waals surface area contributed by atoms with Crippen LogP contribution in [0.3, 0.4) is 0 Å². The topological polar surface area (TPSA) is 56.8 Å². The van der Waals surface area contributed by atoms with Gasteiger partial charge < -0.3 is 19.5 Å². The van der Waals surface area contributed by atoms with E-state index >= 15 is 0 Å². The average Bonchev–Trinajstić information content (AvgIpc) is 2.50. The SMILES string of the molecule is C#CCC(C)C(=O)NCCOCCOCCOCC#C[Si](C)(C)C. The van der Waals surface area contributed by atoms with Crippen LogP contribution in [-0.4, -0.2) is 60.2 Å². The molecule has 0 saturated carbocycles. The summed E-state index contributed by atoms with van der Waals surface area (Å²) in [6, 6.07) is 0. The molecule has 0 aromatic rings. The van der Waals surface area contributed by atoms with Gasteiger partial charge in [0.25, 0.3) is 0 Å². The van der Waals surface area contributed by atoms with E-state index < -0.39 is 8.07 Å². The van der Waals surface area contributed by atoms with Crippen LogP contribution in [0.2, 0.25) is 19.6 Å². The molecule has 0 fully saturated rings. The maximum Gasteiger partial charge on any atom is 0.223 e. The van der Waals surface area contributed by atoms with Gasteiger partial charge in [0, 0.05) is 18.9 Å². The van der Waals surface area contributed by atoms with Crippen molar-refractivity contribution in [3.05, 3.63) is 0 Å². The number of terminal acetylenes is 1. The molecule has 1 unspecified atom stereocenters. The monoisotopic (exact) mass is 353 g/mol. The van der Waals surface area contributed by atoms with Gasteiger partial charge in [-0.3, -0.25) is 4.79 Å². The minimum atomic E-state index is -1.30. The van der Waals surface area contributed by atoms with Gasteiger partial charge in [0.2, 0.25) is 5.91 Å². The first kappa shape index (κ1) is 22.7. The first-order valence-corrected chi connectivity index (χ1v) is 11.8. The molecule has 0 aliphatic rings. The van der Waals surface area contributed by atoms with Gasteiger partial charge in [-0.05, 0) is 0 Å². The Morgan fingerprint density at radius 2 is 1.67 bits per heavy atom. The fourth-order valence-corrected chi connectivity index (χ4v) is 2.16. The Morgan fingerprint density at radius 3 is 2.25 bits per heavy atom. The van der Waals surface area contributed by atoms with E-state index in [-0.39, 0.29) is 11.8 Å². The highest BCUT2D eigenvalue weighted by Crippen LogP contribution is 1.99. The molecule has 0 aromatic carbocycles. The summed E-state index contributed by atoms with van der Waals surface area (Å²) in [6.07, 6.45) is 5.62. The Balaban J connectivity index is 3.33. The maximum absolute atomic E-state index is 11.6. The minimum Gasteiger partial charge on any atom is -0.377 e. The van der Waals surface area contributed by atoms with Crippen LogP contribution in [0.25, 0.3) is 0 Å². The van der Waals surface area contributed by atoms with E-state index in [1.54, 1.807) is 0 Å². The number of rotatable bonds is 12. The highest BCUT2D eigenvalue weighted by Gasteiger charge is 2.10. The fourth-order valence-electron chi connectivity index (χ4n) is 1.55. The van der Waals surface area contributed by atoms with Crippen molar-refractivity contribution in [2.24, 2.45) is 5.92 Å². The molecule has 0 aromatic heterocycles. The minimum absolute atomic E-state index is 0.0397. The van der Waals surface area contributed by atoms with Crippen molar-refractivity contribution in [3.63, 3.8) is 0 Å². The molecule has 0 bridgehead atoms. The van der Waals surface area contributed by atoms with Crippen molar-refractivity contribution in [1.82, 2.24) is 5.32 Å². The lowest BCUT2D eigenvalue weighted by molar-refractivity contribution is -0.124. The van der Waals surface area contributed by atoms with Crippen molar-refractivity contribution in [1.29, 1.82) is 0 Å². The predicted molar refractivity (Wildman–Crippen MR) is 99.2 cm³/mol. The van der Waals surface area contributed by atoms with E-state index in [0.717, 1.165) is 0 Å². The second kappa shape index (κ2) is 14.1. The Morgan fingerprint density at radius 1 is 1.08 bits per heavy atom. The van der Waals surface area contributed by atoms with Gasteiger partial charge in [-0.1, -0.05) is 32.5 Å². The van der Waals surface area contributed by atoms with Crippen LogP contribution >= 0.6 is 0 Å².